The molecule has 0 saturated carbocycles. The molecule has 0 bridgehead atoms. The lowest BCUT2D eigenvalue weighted by atomic mass is 9.96. The molecule has 6 N–H and O–H groups in total. The molecule has 2 unspecified atom stereocenters. The predicted octanol–water partition coefficient (Wildman–Crippen LogP) is -0.255. The molecule has 1 fully saturated rings. The van der Waals surface area contributed by atoms with Gasteiger partial charge in [0.1, 0.15) is 6.04 Å². The lowest BCUT2D eigenvalue weighted by molar-refractivity contribution is -0.129. The molecule has 162 valence electrons. The van der Waals surface area contributed by atoms with Crippen LogP contribution in [0.15, 0.2) is 30.3 Å². The Balaban J connectivity index is 0.00000132. The lowest BCUT2D eigenvalue weighted by Crippen LogP contribution is -2.47. The summed E-state index contributed by atoms with van der Waals surface area (Å²) < 4.78 is 0. The number of amides is 2. The lowest BCUT2D eigenvalue weighted by Gasteiger charge is -2.17. The maximum absolute atomic E-state index is 12.1. The number of carbonyl (C=O) groups is 3. The number of aliphatic hydroxyl groups is 1. The normalized spacial score (nSPS) is 18.4. The third-order valence-corrected chi connectivity index (χ3v) is 4.64. The van der Waals surface area contributed by atoms with Gasteiger partial charge in [-0.1, -0.05) is 30.3 Å². The quantitative estimate of drug-likeness (QED) is 0.404. The van der Waals surface area contributed by atoms with Gasteiger partial charge in [0, 0.05) is 19.6 Å². The fraction of sp³-hybridized carbons (Fsp3) is 0.571. The van der Waals surface area contributed by atoms with Crippen molar-refractivity contribution in [3.05, 3.63) is 35.9 Å². The Hall–Kier alpha value is -2.29. The maximum Gasteiger partial charge on any atom is 0.240 e. The van der Waals surface area contributed by atoms with Crippen LogP contribution in [0.5, 0.6) is 0 Å². The third kappa shape index (κ3) is 8.72. The van der Waals surface area contributed by atoms with Gasteiger partial charge in [0.05, 0.1) is 12.1 Å². The van der Waals surface area contributed by atoms with E-state index in [1.165, 1.54) is 0 Å². The summed E-state index contributed by atoms with van der Waals surface area (Å²) in [5, 5.41) is 15.9. The molecule has 0 aromatic heterocycles. The van der Waals surface area contributed by atoms with E-state index in [2.05, 4.69) is 16.0 Å². The van der Waals surface area contributed by atoms with Gasteiger partial charge >= 0.3 is 0 Å². The predicted molar refractivity (Wildman–Crippen MR) is 112 cm³/mol. The van der Waals surface area contributed by atoms with Crippen molar-refractivity contribution in [2.75, 3.05) is 26.2 Å². The first kappa shape index (κ1) is 24.7. The fourth-order valence-electron chi connectivity index (χ4n) is 3.03. The van der Waals surface area contributed by atoms with Crippen LogP contribution in [0.1, 0.15) is 32.8 Å². The average molecular weight is 407 g/mol. The van der Waals surface area contributed by atoms with Crippen LogP contribution in [-0.4, -0.2) is 60.5 Å². The number of Topliss-reactive ketones (excluding diaryl/α,β-unsaturated/α-hetero) is 1. The number of aliphatic hydroxyl groups excluding tert-OH is 1. The highest BCUT2D eigenvalue weighted by Crippen LogP contribution is 2.14. The molecule has 1 aromatic rings. The number of carbonyl (C=O) groups excluding carboxylic acids is 3. The first-order valence-electron chi connectivity index (χ1n) is 9.93. The summed E-state index contributed by atoms with van der Waals surface area (Å²) in [6.07, 6.45) is 0.976. The van der Waals surface area contributed by atoms with Crippen LogP contribution < -0.4 is 21.7 Å². The van der Waals surface area contributed by atoms with Crippen molar-refractivity contribution in [1.82, 2.24) is 16.0 Å². The van der Waals surface area contributed by atoms with E-state index in [0.29, 0.717) is 19.5 Å². The summed E-state index contributed by atoms with van der Waals surface area (Å²) in [6, 6.07) is 9.30. The second-order valence-electron chi connectivity index (χ2n) is 7.58. The van der Waals surface area contributed by atoms with Crippen molar-refractivity contribution in [1.29, 1.82) is 0 Å². The van der Waals surface area contributed by atoms with E-state index in [0.717, 1.165) is 5.56 Å². The van der Waals surface area contributed by atoms with E-state index in [9.17, 15) is 14.4 Å². The second-order valence-corrected chi connectivity index (χ2v) is 7.58. The Morgan fingerprint density at radius 1 is 1.28 bits per heavy atom. The van der Waals surface area contributed by atoms with Gasteiger partial charge in [0.2, 0.25) is 11.8 Å². The monoisotopic (exact) mass is 406 g/mol. The topological polar surface area (TPSA) is 134 Å². The van der Waals surface area contributed by atoms with E-state index in [4.69, 9.17) is 10.8 Å². The molecule has 8 nitrogen and oxygen atoms in total. The standard InChI is InChI=1S/C19H28N4O3.C2H6O/c1-19(2)18(26)15(11-22-19)23-17(25)12-21-16(24)9-14(10-20)8-13-6-4-3-5-7-13;1-2-3/h3-7,14-15,22H,8-12,20H2,1-2H3,(H,21,24)(H,23,25);3H,2H2,1H3. The molecule has 0 radical (unpaired) electrons. The highest BCUT2D eigenvalue weighted by Gasteiger charge is 2.40. The van der Waals surface area contributed by atoms with Crippen molar-refractivity contribution < 1.29 is 19.5 Å². The molecule has 1 aliphatic rings. The van der Waals surface area contributed by atoms with Gasteiger partial charge in [-0.15, -0.1) is 0 Å². The molecule has 2 amide bonds. The number of hydrogen-bond donors (Lipinski definition) is 5. The summed E-state index contributed by atoms with van der Waals surface area (Å²) in [5.74, 6) is -0.628. The van der Waals surface area contributed by atoms with Crippen LogP contribution >= 0.6 is 0 Å². The highest BCUT2D eigenvalue weighted by molar-refractivity contribution is 5.98. The van der Waals surface area contributed by atoms with Gasteiger partial charge < -0.3 is 26.8 Å². The zero-order chi connectivity index (χ0) is 21.9. The van der Waals surface area contributed by atoms with E-state index in [1.807, 2.05) is 30.3 Å². The van der Waals surface area contributed by atoms with Gasteiger partial charge in [-0.25, -0.2) is 0 Å². The summed E-state index contributed by atoms with van der Waals surface area (Å²) in [7, 11) is 0. The van der Waals surface area contributed by atoms with Crippen LogP contribution in [0.3, 0.4) is 0 Å². The SMILES string of the molecule is CC1(C)NCC(NC(=O)CNC(=O)CC(CN)Cc2ccccc2)C1=O.CCO. The zero-order valence-corrected chi connectivity index (χ0v) is 17.5. The summed E-state index contributed by atoms with van der Waals surface area (Å²) in [6.45, 7) is 6.14. The Bertz CT molecular complexity index is 664. The summed E-state index contributed by atoms with van der Waals surface area (Å²) >= 11 is 0. The molecule has 29 heavy (non-hydrogen) atoms. The third-order valence-electron chi connectivity index (χ3n) is 4.64. The van der Waals surface area contributed by atoms with E-state index in [1.54, 1.807) is 20.8 Å². The van der Waals surface area contributed by atoms with Crippen molar-refractivity contribution in [2.45, 2.75) is 45.2 Å². The maximum atomic E-state index is 12.1. The van der Waals surface area contributed by atoms with Gasteiger partial charge in [0.25, 0.3) is 0 Å². The Labute approximate surface area is 172 Å². The molecule has 1 saturated heterocycles. The molecule has 0 spiro atoms. The number of rotatable bonds is 8. The van der Waals surface area contributed by atoms with Crippen molar-refractivity contribution in [2.24, 2.45) is 11.7 Å². The van der Waals surface area contributed by atoms with Crippen LogP contribution in [0.2, 0.25) is 0 Å². The first-order valence-corrected chi connectivity index (χ1v) is 9.93. The Kier molecular flexibility index (Phi) is 10.5. The summed E-state index contributed by atoms with van der Waals surface area (Å²) in [4.78, 5) is 36.1. The largest absolute Gasteiger partial charge is 0.397 e. The number of ketones is 1. The fourth-order valence-corrected chi connectivity index (χ4v) is 3.03. The van der Waals surface area contributed by atoms with Crippen LogP contribution in [0, 0.1) is 5.92 Å². The number of nitrogens with two attached hydrogens (primary N) is 1. The van der Waals surface area contributed by atoms with Gasteiger partial charge in [-0.05, 0) is 45.2 Å². The van der Waals surface area contributed by atoms with Crippen molar-refractivity contribution >= 4 is 17.6 Å². The minimum atomic E-state index is -0.632. The number of hydrogen-bond acceptors (Lipinski definition) is 6. The molecule has 2 atom stereocenters. The van der Waals surface area contributed by atoms with Crippen molar-refractivity contribution in [3.63, 3.8) is 0 Å². The molecule has 8 heteroatoms. The van der Waals surface area contributed by atoms with Gasteiger partial charge in [0.15, 0.2) is 5.78 Å². The van der Waals surface area contributed by atoms with Crippen LogP contribution in [0.25, 0.3) is 0 Å². The first-order chi connectivity index (χ1) is 13.7. The van der Waals surface area contributed by atoms with Gasteiger partial charge in [-0.3, -0.25) is 14.4 Å². The molecule has 2 rings (SSSR count). The van der Waals surface area contributed by atoms with Crippen LogP contribution in [0.4, 0.5) is 0 Å². The van der Waals surface area contributed by atoms with Crippen LogP contribution in [-0.2, 0) is 20.8 Å². The van der Waals surface area contributed by atoms with Crippen molar-refractivity contribution in [3.8, 4) is 0 Å². The van der Waals surface area contributed by atoms with E-state index >= 15 is 0 Å². The molecule has 0 aliphatic carbocycles. The minimum Gasteiger partial charge on any atom is -0.397 e. The van der Waals surface area contributed by atoms with E-state index in [-0.39, 0.29) is 43.1 Å². The molecular weight excluding hydrogens is 372 g/mol. The number of nitrogens with one attached hydrogen (secondary N) is 3. The molecular formula is C21H34N4O4. The zero-order valence-electron chi connectivity index (χ0n) is 17.5. The van der Waals surface area contributed by atoms with E-state index < -0.39 is 11.6 Å². The minimum absolute atomic E-state index is 0.0156. The molecule has 1 aromatic carbocycles. The summed E-state index contributed by atoms with van der Waals surface area (Å²) in [5.41, 5.74) is 6.27. The second kappa shape index (κ2) is 12.3. The Morgan fingerprint density at radius 2 is 1.90 bits per heavy atom. The average Bonchev–Trinajstić information content (AvgIpc) is 2.94. The molecule has 1 heterocycles. The number of benzene rings is 1. The Morgan fingerprint density at radius 3 is 2.41 bits per heavy atom. The smallest absolute Gasteiger partial charge is 0.240 e. The highest BCUT2D eigenvalue weighted by atomic mass is 16.2. The van der Waals surface area contributed by atoms with Gasteiger partial charge in [-0.2, -0.15) is 0 Å². The molecule has 1 aliphatic heterocycles.